The molecule has 1 N–H and O–H groups in total. The quantitative estimate of drug-likeness (QED) is 0.760. The van der Waals surface area contributed by atoms with Crippen LogP contribution >= 0.6 is 0 Å². The molecule has 6 heteroatoms. The molecule has 1 saturated carbocycles. The van der Waals surface area contributed by atoms with Crippen LogP contribution in [-0.4, -0.2) is 56.9 Å². The number of hydrogen-bond acceptors (Lipinski definition) is 3. The molecule has 0 aromatic rings. The van der Waals surface area contributed by atoms with Crippen molar-refractivity contribution in [2.75, 3.05) is 33.2 Å². The van der Waals surface area contributed by atoms with E-state index in [1.54, 1.807) is 7.05 Å². The topological polar surface area (TPSA) is 52.7 Å². The second-order valence-corrected chi connectivity index (χ2v) is 8.42. The minimum atomic E-state index is -3.28. The second kappa shape index (κ2) is 7.90. The fourth-order valence-corrected chi connectivity index (χ4v) is 4.49. The highest BCUT2D eigenvalue weighted by atomic mass is 32.2. The lowest BCUT2D eigenvalue weighted by atomic mass is 10.1. The molecule has 5 nitrogen and oxygen atoms in total. The molecule has 0 spiro atoms. The molecule has 0 radical (unpaired) electrons. The zero-order valence-corrected chi connectivity index (χ0v) is 14.4. The van der Waals surface area contributed by atoms with E-state index in [9.17, 15) is 8.42 Å². The average molecular weight is 317 g/mol. The SMILES string of the molecule is CCN(C)S(=O)(=O)NC[C@@H]1CCN(C2CCCCCC2)C1. The Labute approximate surface area is 130 Å². The van der Waals surface area contributed by atoms with Gasteiger partial charge in [-0.2, -0.15) is 12.7 Å². The van der Waals surface area contributed by atoms with Crippen molar-refractivity contribution in [2.45, 2.75) is 57.9 Å². The molecule has 0 unspecified atom stereocenters. The Hall–Kier alpha value is -0.170. The molecule has 0 bridgehead atoms. The van der Waals surface area contributed by atoms with Crippen LogP contribution in [0, 0.1) is 5.92 Å². The minimum Gasteiger partial charge on any atom is -0.300 e. The summed E-state index contributed by atoms with van der Waals surface area (Å²) in [6.07, 6.45) is 9.27. The second-order valence-electron chi connectivity index (χ2n) is 6.56. The first kappa shape index (κ1) is 17.2. The Balaban J connectivity index is 1.77. The third-order valence-electron chi connectivity index (χ3n) is 5.07. The lowest BCUT2D eigenvalue weighted by Gasteiger charge is -2.27. The molecule has 0 amide bonds. The lowest BCUT2D eigenvalue weighted by Crippen LogP contribution is -2.41. The van der Waals surface area contributed by atoms with Gasteiger partial charge in [-0.1, -0.05) is 32.6 Å². The first-order valence-corrected chi connectivity index (χ1v) is 9.92. The van der Waals surface area contributed by atoms with E-state index in [0.717, 1.165) is 25.6 Å². The van der Waals surface area contributed by atoms with Gasteiger partial charge in [-0.05, 0) is 31.7 Å². The maximum atomic E-state index is 11.9. The van der Waals surface area contributed by atoms with E-state index in [1.807, 2.05) is 6.92 Å². The molecule has 2 aliphatic rings. The van der Waals surface area contributed by atoms with Gasteiger partial charge >= 0.3 is 0 Å². The largest absolute Gasteiger partial charge is 0.300 e. The highest BCUT2D eigenvalue weighted by molar-refractivity contribution is 7.87. The zero-order chi connectivity index (χ0) is 15.3. The van der Waals surface area contributed by atoms with E-state index in [4.69, 9.17) is 0 Å². The summed E-state index contributed by atoms with van der Waals surface area (Å²) in [5, 5.41) is 0. The average Bonchev–Trinajstić information content (AvgIpc) is 2.78. The van der Waals surface area contributed by atoms with Crippen molar-refractivity contribution < 1.29 is 8.42 Å². The van der Waals surface area contributed by atoms with Crippen molar-refractivity contribution >= 4 is 10.2 Å². The van der Waals surface area contributed by atoms with Crippen LogP contribution in [0.4, 0.5) is 0 Å². The third-order valence-corrected chi connectivity index (χ3v) is 6.68. The summed E-state index contributed by atoms with van der Waals surface area (Å²) < 4.78 is 28.0. The standard InChI is InChI=1S/C15H31N3O2S/c1-3-17(2)21(19,20)16-12-14-10-11-18(13-14)15-8-6-4-5-7-9-15/h14-16H,3-13H2,1-2H3/t14-/m0/s1. The number of nitrogens with zero attached hydrogens (tertiary/aromatic N) is 2. The fourth-order valence-electron chi connectivity index (χ4n) is 3.49. The van der Waals surface area contributed by atoms with Crippen molar-refractivity contribution in [1.29, 1.82) is 0 Å². The number of likely N-dealkylation sites (tertiary alicyclic amines) is 1. The molecule has 21 heavy (non-hydrogen) atoms. The molecular weight excluding hydrogens is 286 g/mol. The number of nitrogens with one attached hydrogen (secondary N) is 1. The fraction of sp³-hybridized carbons (Fsp3) is 1.00. The van der Waals surface area contributed by atoms with Crippen LogP contribution in [0.2, 0.25) is 0 Å². The Morgan fingerprint density at radius 2 is 1.81 bits per heavy atom. The summed E-state index contributed by atoms with van der Waals surface area (Å²) in [5.41, 5.74) is 0. The summed E-state index contributed by atoms with van der Waals surface area (Å²) in [5.74, 6) is 0.466. The first-order chi connectivity index (χ1) is 10.0. The number of hydrogen-bond donors (Lipinski definition) is 1. The van der Waals surface area contributed by atoms with Gasteiger partial charge in [0.05, 0.1) is 0 Å². The smallest absolute Gasteiger partial charge is 0.279 e. The van der Waals surface area contributed by atoms with Crippen molar-refractivity contribution in [3.8, 4) is 0 Å². The maximum absolute atomic E-state index is 11.9. The van der Waals surface area contributed by atoms with Crippen molar-refractivity contribution in [3.63, 3.8) is 0 Å². The molecule has 124 valence electrons. The van der Waals surface area contributed by atoms with Gasteiger partial charge < -0.3 is 4.90 Å². The minimum absolute atomic E-state index is 0.466. The Bertz CT molecular complexity index is 405. The molecule has 1 atom stereocenters. The molecule has 1 aliphatic heterocycles. The van der Waals surface area contributed by atoms with Crippen molar-refractivity contribution in [2.24, 2.45) is 5.92 Å². The van der Waals surface area contributed by atoms with E-state index in [2.05, 4.69) is 9.62 Å². The molecule has 1 aliphatic carbocycles. The Morgan fingerprint density at radius 1 is 1.14 bits per heavy atom. The van der Waals surface area contributed by atoms with Gasteiger partial charge in [0.2, 0.25) is 0 Å². The van der Waals surface area contributed by atoms with Crippen LogP contribution in [-0.2, 0) is 10.2 Å². The van der Waals surface area contributed by atoms with Crippen LogP contribution in [0.5, 0.6) is 0 Å². The molecule has 2 rings (SSSR count). The van der Waals surface area contributed by atoms with E-state index in [1.165, 1.54) is 42.8 Å². The maximum Gasteiger partial charge on any atom is 0.279 e. The first-order valence-electron chi connectivity index (χ1n) is 8.48. The van der Waals surface area contributed by atoms with E-state index in [-0.39, 0.29) is 0 Å². The van der Waals surface area contributed by atoms with E-state index in [0.29, 0.717) is 19.0 Å². The molecule has 2 fully saturated rings. The molecule has 0 aromatic heterocycles. The van der Waals surface area contributed by atoms with Gasteiger partial charge in [0.25, 0.3) is 10.2 Å². The summed E-state index contributed by atoms with van der Waals surface area (Å²) in [4.78, 5) is 2.60. The van der Waals surface area contributed by atoms with Gasteiger partial charge in [-0.3, -0.25) is 0 Å². The van der Waals surface area contributed by atoms with Crippen molar-refractivity contribution in [3.05, 3.63) is 0 Å². The van der Waals surface area contributed by atoms with Crippen LogP contribution in [0.25, 0.3) is 0 Å². The van der Waals surface area contributed by atoms with Crippen LogP contribution in [0.15, 0.2) is 0 Å². The third kappa shape index (κ3) is 4.91. The highest BCUT2D eigenvalue weighted by Crippen LogP contribution is 2.26. The summed E-state index contributed by atoms with van der Waals surface area (Å²) in [6.45, 7) is 5.14. The summed E-state index contributed by atoms with van der Waals surface area (Å²) in [7, 11) is -1.66. The predicted octanol–water partition coefficient (Wildman–Crippen LogP) is 1.82. The van der Waals surface area contributed by atoms with Crippen LogP contribution in [0.1, 0.15) is 51.9 Å². The monoisotopic (exact) mass is 317 g/mol. The van der Waals surface area contributed by atoms with Gasteiger partial charge in [0.1, 0.15) is 0 Å². The van der Waals surface area contributed by atoms with Crippen molar-refractivity contribution in [1.82, 2.24) is 13.9 Å². The predicted molar refractivity (Wildman–Crippen MR) is 86.4 cm³/mol. The van der Waals surface area contributed by atoms with Crippen LogP contribution < -0.4 is 4.72 Å². The summed E-state index contributed by atoms with van der Waals surface area (Å²) in [6, 6.07) is 0.743. The Kier molecular flexibility index (Phi) is 6.47. The van der Waals surface area contributed by atoms with Gasteiger partial charge in [0.15, 0.2) is 0 Å². The molecule has 0 aromatic carbocycles. The summed E-state index contributed by atoms with van der Waals surface area (Å²) >= 11 is 0. The van der Waals surface area contributed by atoms with Gasteiger partial charge in [-0.15, -0.1) is 0 Å². The molecule has 1 saturated heterocycles. The van der Waals surface area contributed by atoms with Crippen LogP contribution in [0.3, 0.4) is 0 Å². The Morgan fingerprint density at radius 3 is 2.43 bits per heavy atom. The van der Waals surface area contributed by atoms with Gasteiger partial charge in [-0.25, -0.2) is 4.72 Å². The van der Waals surface area contributed by atoms with E-state index >= 15 is 0 Å². The van der Waals surface area contributed by atoms with E-state index < -0.39 is 10.2 Å². The highest BCUT2D eigenvalue weighted by Gasteiger charge is 2.29. The lowest BCUT2D eigenvalue weighted by molar-refractivity contribution is 0.213. The van der Waals surface area contributed by atoms with Gasteiger partial charge in [0, 0.05) is 32.7 Å². The zero-order valence-electron chi connectivity index (χ0n) is 13.6. The number of rotatable bonds is 6. The molecular formula is C15H31N3O2S. The normalized spacial score (nSPS) is 26.3. The molecule has 1 heterocycles.